The van der Waals surface area contributed by atoms with Crippen LogP contribution in [-0.2, 0) is 19.4 Å². The van der Waals surface area contributed by atoms with Crippen LogP contribution in [0.4, 0.5) is 0 Å². The maximum absolute atomic E-state index is 4.64. The largest absolute Gasteiger partial charge is 0.214 e. The van der Waals surface area contributed by atoms with Gasteiger partial charge in [0.2, 0.25) is 0 Å². The van der Waals surface area contributed by atoms with E-state index in [9.17, 15) is 0 Å². The van der Waals surface area contributed by atoms with E-state index in [4.69, 9.17) is 0 Å². The molecular weight excluding hydrogens is 239 g/mol. The van der Waals surface area contributed by atoms with E-state index < -0.39 is 0 Å². The molecular formula is C13H17ClTi. The van der Waals surface area contributed by atoms with Gasteiger partial charge < -0.3 is 6.92 Å². The van der Waals surface area contributed by atoms with Gasteiger partial charge in [0.05, 0.1) is 0 Å². The van der Waals surface area contributed by atoms with Crippen molar-refractivity contribution < 1.29 is 19.4 Å². The topological polar surface area (TPSA) is 0 Å². The molecule has 0 radical (unpaired) electrons. The average Bonchev–Trinajstić information content (AvgIpc) is 3.01. The zero-order chi connectivity index (χ0) is 11.8. The minimum absolute atomic E-state index is 1.00. The van der Waals surface area contributed by atoms with Crippen LogP contribution in [0.15, 0.2) is 60.7 Å². The third kappa shape index (κ3) is 19.9. The normalized spacial score (nSPS) is 7.00. The maximum Gasteiger partial charge on any atom is -0.172 e. The average molecular weight is 257 g/mol. The van der Waals surface area contributed by atoms with E-state index in [2.05, 4.69) is 16.2 Å². The van der Waals surface area contributed by atoms with Gasteiger partial charge in [0.1, 0.15) is 0 Å². The molecule has 2 aromatic carbocycles. The van der Waals surface area contributed by atoms with Gasteiger partial charge >= 0.3 is 28.7 Å². The minimum atomic E-state index is 1.00. The summed E-state index contributed by atoms with van der Waals surface area (Å²) in [6.45, 7) is 5.50. The van der Waals surface area contributed by atoms with Gasteiger partial charge in [-0.1, -0.05) is 6.92 Å². The molecule has 0 saturated carbocycles. The Morgan fingerprint density at radius 3 is 1.20 bits per heavy atom. The monoisotopic (exact) mass is 256 g/mol. The molecule has 0 bridgehead atoms. The first-order chi connectivity index (χ1) is 7.41. The first-order valence-electron chi connectivity index (χ1n) is 4.73. The second kappa shape index (κ2) is 19.3. The summed E-state index contributed by atoms with van der Waals surface area (Å²) in [7, 11) is 4.64. The minimum Gasteiger partial charge on any atom is -0.214 e. The molecule has 0 fully saturated rings. The molecule has 0 aromatic heterocycles. The van der Waals surface area contributed by atoms with Crippen molar-refractivity contribution in [1.29, 1.82) is 0 Å². The van der Waals surface area contributed by atoms with Gasteiger partial charge in [-0.3, -0.25) is 0 Å². The van der Waals surface area contributed by atoms with Crippen LogP contribution in [0, 0.1) is 6.92 Å². The summed E-state index contributed by atoms with van der Waals surface area (Å²) in [5.41, 5.74) is 0. The molecule has 0 unspecified atom stereocenters. The molecule has 2 heteroatoms. The molecule has 80 valence electrons. The Bertz CT molecular complexity index is 162. The molecule has 0 aliphatic heterocycles. The predicted octanol–water partition coefficient (Wildman–Crippen LogP) is 4.73. The Balaban J connectivity index is 0. The van der Waals surface area contributed by atoms with Gasteiger partial charge in [0.25, 0.3) is 0 Å². The summed E-state index contributed by atoms with van der Waals surface area (Å²) in [4.78, 5) is 0. The quantitative estimate of drug-likeness (QED) is 0.472. The Hall–Kier alpha value is -0.296. The Morgan fingerprint density at radius 1 is 0.933 bits per heavy atom. The molecule has 0 amide bonds. The summed E-state index contributed by atoms with van der Waals surface area (Å²) >= 11 is 1.47. The van der Waals surface area contributed by atoms with Crippen molar-refractivity contribution in [3.05, 3.63) is 67.6 Å². The van der Waals surface area contributed by atoms with E-state index >= 15 is 0 Å². The van der Waals surface area contributed by atoms with Crippen molar-refractivity contribution in [1.82, 2.24) is 0 Å². The van der Waals surface area contributed by atoms with Crippen LogP contribution in [0.1, 0.15) is 13.3 Å². The summed E-state index contributed by atoms with van der Waals surface area (Å²) in [6, 6.07) is 20.0. The second-order valence-electron chi connectivity index (χ2n) is 2.42. The summed E-state index contributed by atoms with van der Waals surface area (Å²) in [5, 5.41) is 0. The van der Waals surface area contributed by atoms with Crippen LogP contribution in [-0.4, -0.2) is 0 Å². The van der Waals surface area contributed by atoms with Crippen molar-refractivity contribution in [3.8, 4) is 0 Å². The van der Waals surface area contributed by atoms with Gasteiger partial charge in [-0.2, -0.15) is 42.8 Å². The van der Waals surface area contributed by atoms with E-state index in [0.29, 0.717) is 0 Å². The van der Waals surface area contributed by atoms with Gasteiger partial charge in [0, 0.05) is 0 Å². The van der Waals surface area contributed by atoms with Crippen LogP contribution < -0.4 is 0 Å². The first-order valence-corrected chi connectivity index (χ1v) is 6.88. The molecule has 15 heavy (non-hydrogen) atoms. The summed E-state index contributed by atoms with van der Waals surface area (Å²) < 4.78 is 0. The zero-order valence-corrected chi connectivity index (χ0v) is 11.4. The van der Waals surface area contributed by atoms with Crippen LogP contribution in [0.5, 0.6) is 0 Å². The molecule has 0 spiro atoms. The van der Waals surface area contributed by atoms with Gasteiger partial charge in [0.15, 0.2) is 0 Å². The fourth-order valence-electron chi connectivity index (χ4n) is 0.642. The van der Waals surface area contributed by atoms with Crippen LogP contribution >= 0.6 is 9.30 Å². The number of halogens is 1. The van der Waals surface area contributed by atoms with Crippen LogP contribution in [0.2, 0.25) is 0 Å². The first kappa shape index (κ1) is 17.1. The third-order valence-electron chi connectivity index (χ3n) is 1.11. The van der Waals surface area contributed by atoms with E-state index in [1.54, 1.807) is 0 Å². The second-order valence-corrected chi connectivity index (χ2v) is 2.42. The van der Waals surface area contributed by atoms with Gasteiger partial charge in [-0.05, 0) is 0 Å². The Morgan fingerprint density at radius 2 is 1.13 bits per heavy atom. The van der Waals surface area contributed by atoms with Crippen molar-refractivity contribution in [3.63, 3.8) is 0 Å². The molecule has 0 atom stereocenters. The molecule has 0 saturated heterocycles. The van der Waals surface area contributed by atoms with Crippen molar-refractivity contribution in [2.24, 2.45) is 0 Å². The van der Waals surface area contributed by atoms with Gasteiger partial charge in [-0.15, -0.1) is 0 Å². The molecule has 0 aliphatic rings. The van der Waals surface area contributed by atoms with Crippen LogP contribution in [0.3, 0.4) is 0 Å². The Kier molecular flexibility index (Phi) is 22.0. The number of rotatable bonds is 0. The van der Waals surface area contributed by atoms with E-state index in [1.165, 1.54) is 19.4 Å². The fraction of sp³-hybridized carbons (Fsp3) is 0.154. The molecule has 2 rings (SSSR count). The standard InChI is InChI=1S/2C5H5.C3H7.ClH.Ti/c2*1-2-4-5-3-1;1-3-2;;/h2*1-5H;1,3H2,2H3;1H;/q3*-1;;+4/p-1. The van der Waals surface area contributed by atoms with E-state index in [0.717, 1.165) is 6.42 Å². The maximum atomic E-state index is 4.64. The van der Waals surface area contributed by atoms with Gasteiger partial charge in [-0.25, -0.2) is 24.3 Å². The summed E-state index contributed by atoms with van der Waals surface area (Å²) in [5.74, 6) is 0. The molecule has 0 heterocycles. The van der Waals surface area contributed by atoms with Crippen molar-refractivity contribution >= 4 is 9.30 Å². The van der Waals surface area contributed by atoms with Crippen molar-refractivity contribution in [2.45, 2.75) is 13.3 Å². The predicted molar refractivity (Wildman–Crippen MR) is 65.6 cm³/mol. The smallest absolute Gasteiger partial charge is 0.172 e. The SMILES string of the molecule is [CH2-]CC.[Cl][Ti+3].c1cc[cH-]c1.c1cc[cH-]c1. The third-order valence-corrected chi connectivity index (χ3v) is 1.11. The fourth-order valence-corrected chi connectivity index (χ4v) is 0.642. The molecule has 2 aromatic rings. The van der Waals surface area contributed by atoms with E-state index in [-0.39, 0.29) is 0 Å². The molecule has 0 nitrogen and oxygen atoms in total. The summed E-state index contributed by atoms with van der Waals surface area (Å²) in [6.07, 6.45) is 1.00. The van der Waals surface area contributed by atoms with Crippen LogP contribution in [0.25, 0.3) is 0 Å². The molecule has 0 N–H and O–H groups in total. The zero-order valence-electron chi connectivity index (χ0n) is 9.07. The molecule has 0 aliphatic carbocycles. The number of hydrogen-bond acceptors (Lipinski definition) is 0. The van der Waals surface area contributed by atoms with Crippen molar-refractivity contribution in [2.75, 3.05) is 0 Å². The van der Waals surface area contributed by atoms with E-state index in [1.807, 2.05) is 67.6 Å². The number of hydrogen-bond donors (Lipinski definition) is 0. The Labute approximate surface area is 109 Å².